The van der Waals surface area contributed by atoms with E-state index in [0.29, 0.717) is 22.3 Å². The number of amides is 2. The molecule has 4 rings (SSSR count). The third-order valence-electron chi connectivity index (χ3n) is 4.63. The van der Waals surface area contributed by atoms with E-state index in [1.54, 1.807) is 19.1 Å². The summed E-state index contributed by atoms with van der Waals surface area (Å²) in [6.45, 7) is 13.4. The Morgan fingerprint density at radius 1 is 1.03 bits per heavy atom. The molecule has 0 bridgehead atoms. The van der Waals surface area contributed by atoms with Crippen molar-refractivity contribution < 1.29 is 14.0 Å². The zero-order valence-electron chi connectivity index (χ0n) is 22.2. The van der Waals surface area contributed by atoms with E-state index in [-0.39, 0.29) is 0 Å². The molecule has 200 valence electrons. The normalized spacial score (nSPS) is 13.8. The SMILES string of the molecule is CC.CC.CC1=NN(C(=O)c2ccc(Cl)cc2)C(=O)C1N.Cc1nc(NSc2ccc(N)cc2)oc1C. The first-order chi connectivity index (χ1) is 17.7. The maximum absolute atomic E-state index is 12.0. The Kier molecular flexibility index (Phi) is 13.4. The van der Waals surface area contributed by atoms with Crippen molar-refractivity contribution in [1.29, 1.82) is 0 Å². The van der Waals surface area contributed by atoms with E-state index in [9.17, 15) is 9.59 Å². The monoisotopic (exact) mass is 546 g/mol. The first-order valence-electron chi connectivity index (χ1n) is 11.8. The van der Waals surface area contributed by atoms with Crippen molar-refractivity contribution in [2.75, 3.05) is 10.5 Å². The molecule has 1 aliphatic rings. The molecule has 2 amide bonds. The second-order valence-electron chi connectivity index (χ2n) is 7.11. The van der Waals surface area contributed by atoms with Crippen LogP contribution in [0.2, 0.25) is 5.02 Å². The van der Waals surface area contributed by atoms with E-state index >= 15 is 0 Å². The van der Waals surface area contributed by atoms with Gasteiger partial charge in [-0.3, -0.25) is 14.3 Å². The lowest BCUT2D eigenvalue weighted by Crippen LogP contribution is -2.40. The van der Waals surface area contributed by atoms with Crippen LogP contribution in [0.25, 0.3) is 0 Å². The molecule has 1 aromatic heterocycles. The fourth-order valence-electron chi connectivity index (χ4n) is 2.59. The van der Waals surface area contributed by atoms with Crippen LogP contribution in [0.15, 0.2) is 62.9 Å². The highest BCUT2D eigenvalue weighted by atomic mass is 35.5. The van der Waals surface area contributed by atoms with Crippen molar-refractivity contribution >= 4 is 52.8 Å². The zero-order valence-corrected chi connectivity index (χ0v) is 23.8. The molecule has 0 fully saturated rings. The van der Waals surface area contributed by atoms with Gasteiger partial charge in [0.2, 0.25) is 0 Å². The summed E-state index contributed by atoms with van der Waals surface area (Å²) < 4.78 is 8.43. The molecule has 1 unspecified atom stereocenters. The van der Waals surface area contributed by atoms with Crippen molar-refractivity contribution in [3.8, 4) is 0 Å². The van der Waals surface area contributed by atoms with Gasteiger partial charge in [0.25, 0.3) is 11.8 Å². The number of anilines is 2. The quantitative estimate of drug-likeness (QED) is 0.203. The Labute approximate surface area is 227 Å². The summed E-state index contributed by atoms with van der Waals surface area (Å²) >= 11 is 7.15. The molecule has 0 saturated carbocycles. The van der Waals surface area contributed by atoms with Gasteiger partial charge in [-0.05, 0) is 81.3 Å². The van der Waals surface area contributed by atoms with Crippen LogP contribution >= 0.6 is 23.5 Å². The number of carbonyl (C=O) groups excluding carboxylic acids is 2. The van der Waals surface area contributed by atoms with Crippen molar-refractivity contribution in [2.45, 2.75) is 59.4 Å². The number of nitrogens with one attached hydrogen (secondary N) is 1. The molecular weight excluding hydrogens is 512 g/mol. The summed E-state index contributed by atoms with van der Waals surface area (Å²) in [7, 11) is 0. The number of hydrogen-bond donors (Lipinski definition) is 3. The first kappa shape index (κ1) is 31.7. The Hall–Kier alpha value is -3.34. The molecule has 0 aliphatic carbocycles. The van der Waals surface area contributed by atoms with Crippen LogP contribution in [0.3, 0.4) is 0 Å². The van der Waals surface area contributed by atoms with E-state index in [1.807, 2.05) is 65.8 Å². The predicted octanol–water partition coefficient (Wildman–Crippen LogP) is 6.07. The van der Waals surface area contributed by atoms with E-state index in [0.717, 1.165) is 27.0 Å². The van der Waals surface area contributed by atoms with Gasteiger partial charge in [-0.15, -0.1) is 0 Å². The molecule has 37 heavy (non-hydrogen) atoms. The largest absolute Gasteiger partial charge is 0.428 e. The number of nitrogens with zero attached hydrogens (tertiary/aromatic N) is 3. The number of nitrogen functional groups attached to an aromatic ring is 1. The smallest absolute Gasteiger partial charge is 0.305 e. The lowest BCUT2D eigenvalue weighted by Gasteiger charge is -2.10. The van der Waals surface area contributed by atoms with Crippen LogP contribution in [-0.2, 0) is 4.79 Å². The van der Waals surface area contributed by atoms with Crippen molar-refractivity contribution in [3.05, 3.63) is 70.6 Å². The van der Waals surface area contributed by atoms with Crippen LogP contribution in [0.4, 0.5) is 11.7 Å². The Morgan fingerprint density at radius 3 is 2.05 bits per heavy atom. The molecule has 1 aliphatic heterocycles. The summed E-state index contributed by atoms with van der Waals surface area (Å²) in [4.78, 5) is 28.9. The minimum atomic E-state index is -0.828. The summed E-state index contributed by atoms with van der Waals surface area (Å²) in [6.07, 6.45) is 0. The van der Waals surface area contributed by atoms with Crippen LogP contribution < -0.4 is 16.2 Å². The number of hydrazone groups is 1. The topological polar surface area (TPSA) is 140 Å². The van der Waals surface area contributed by atoms with Crippen LogP contribution in [0.1, 0.15) is 56.4 Å². The number of rotatable bonds is 4. The lowest BCUT2D eigenvalue weighted by molar-refractivity contribution is -0.127. The molecule has 9 nitrogen and oxygen atoms in total. The molecule has 2 aromatic carbocycles. The Balaban J connectivity index is 0.000000327. The van der Waals surface area contributed by atoms with E-state index in [1.165, 1.54) is 24.1 Å². The Bertz CT molecular complexity index is 1160. The minimum Gasteiger partial charge on any atom is -0.428 e. The van der Waals surface area contributed by atoms with Gasteiger partial charge in [0.1, 0.15) is 11.8 Å². The second kappa shape index (κ2) is 15.7. The third kappa shape index (κ3) is 9.23. The summed E-state index contributed by atoms with van der Waals surface area (Å²) in [5, 5.41) is 5.16. The average Bonchev–Trinajstić information content (AvgIpc) is 3.38. The van der Waals surface area contributed by atoms with Gasteiger partial charge < -0.3 is 15.9 Å². The highest BCUT2D eigenvalue weighted by Gasteiger charge is 2.35. The molecule has 0 saturated heterocycles. The van der Waals surface area contributed by atoms with Crippen LogP contribution in [0, 0.1) is 13.8 Å². The summed E-state index contributed by atoms with van der Waals surface area (Å²) in [5.41, 5.74) is 13.6. The highest BCUT2D eigenvalue weighted by Crippen LogP contribution is 2.23. The number of oxazole rings is 1. The van der Waals surface area contributed by atoms with Gasteiger partial charge in [0.05, 0.1) is 11.4 Å². The van der Waals surface area contributed by atoms with E-state index < -0.39 is 17.9 Å². The highest BCUT2D eigenvalue weighted by molar-refractivity contribution is 8.00. The number of hydrogen-bond acceptors (Lipinski definition) is 9. The number of halogens is 1. The molecule has 1 atom stereocenters. The Morgan fingerprint density at radius 2 is 1.59 bits per heavy atom. The van der Waals surface area contributed by atoms with Gasteiger partial charge in [0.15, 0.2) is 0 Å². The van der Waals surface area contributed by atoms with Gasteiger partial charge in [0, 0.05) is 21.2 Å². The minimum absolute atomic E-state index is 0.341. The fourth-order valence-corrected chi connectivity index (χ4v) is 3.29. The van der Waals surface area contributed by atoms with E-state index in [4.69, 9.17) is 27.5 Å². The van der Waals surface area contributed by atoms with Gasteiger partial charge in [-0.2, -0.15) is 15.1 Å². The molecule has 2 heterocycles. The zero-order chi connectivity index (χ0) is 28.1. The average molecular weight is 547 g/mol. The van der Waals surface area contributed by atoms with Crippen LogP contribution in [-0.4, -0.2) is 33.6 Å². The molecular formula is C26H35ClN6O3S. The predicted molar refractivity (Wildman–Crippen MR) is 153 cm³/mol. The fraction of sp³-hybridized carbons (Fsp3) is 0.308. The molecule has 11 heteroatoms. The standard InChI is InChI=1S/C11H10ClN3O2.C11H13N3OS.2C2H6/c1-6-9(13)11(17)15(14-6)10(16)7-2-4-8(12)5-3-7;1-7-8(2)15-11(13-7)14-16-10-5-3-9(12)4-6-10;2*1-2/h2-5,9H,13H2,1H3;3-6H,12H2,1-2H3,(H,13,14);2*1-2H3. The van der Waals surface area contributed by atoms with Gasteiger partial charge in [-0.1, -0.05) is 39.3 Å². The molecule has 0 radical (unpaired) electrons. The summed E-state index contributed by atoms with van der Waals surface area (Å²) in [6, 6.07) is 13.5. The van der Waals surface area contributed by atoms with Crippen LogP contribution in [0.5, 0.6) is 0 Å². The van der Waals surface area contributed by atoms with Crippen molar-refractivity contribution in [1.82, 2.24) is 9.99 Å². The molecule has 5 N–H and O–H groups in total. The maximum Gasteiger partial charge on any atom is 0.305 e. The number of nitrogens with two attached hydrogens (primary N) is 2. The second-order valence-corrected chi connectivity index (χ2v) is 8.43. The number of imide groups is 1. The molecule has 0 spiro atoms. The van der Waals surface area contributed by atoms with Crippen molar-refractivity contribution in [3.63, 3.8) is 0 Å². The number of benzene rings is 2. The maximum atomic E-state index is 12.0. The summed E-state index contributed by atoms with van der Waals surface area (Å²) in [5.74, 6) is -0.179. The van der Waals surface area contributed by atoms with Gasteiger partial charge in [-0.25, -0.2) is 0 Å². The van der Waals surface area contributed by atoms with E-state index in [2.05, 4.69) is 14.8 Å². The number of aromatic nitrogens is 1. The number of carbonyl (C=O) groups is 2. The third-order valence-corrected chi connectivity index (χ3v) is 5.67. The van der Waals surface area contributed by atoms with Crippen molar-refractivity contribution in [2.24, 2.45) is 10.8 Å². The molecule has 3 aromatic rings. The van der Waals surface area contributed by atoms with Gasteiger partial charge >= 0.3 is 6.01 Å². The lowest BCUT2D eigenvalue weighted by atomic mass is 10.2. The number of aryl methyl sites for hydroxylation is 2. The first-order valence-corrected chi connectivity index (χ1v) is 13.0.